The molecule has 194 valence electrons. The van der Waals surface area contributed by atoms with Gasteiger partial charge in [-0.3, -0.25) is 19.5 Å². The first-order valence-corrected chi connectivity index (χ1v) is 9.91. The molecule has 1 aliphatic rings. The summed E-state index contributed by atoms with van der Waals surface area (Å²) in [6.07, 6.45) is -12.3. The van der Waals surface area contributed by atoms with Crippen LogP contribution in [-0.4, -0.2) is 54.8 Å². The molecule has 36 heavy (non-hydrogen) atoms. The zero-order chi connectivity index (χ0) is 27.0. The SMILES string of the molecule is CN(C(=O)Oc1c(N2CCN(C(=O)CO)C2=O)cc(C(F)(F)F)cc1C(F)(F)F)c1ccc(F)cc1. The van der Waals surface area contributed by atoms with E-state index in [4.69, 9.17) is 9.84 Å². The lowest BCUT2D eigenvalue weighted by Crippen LogP contribution is -2.38. The molecule has 15 heteroatoms. The molecule has 1 fully saturated rings. The number of amides is 4. The van der Waals surface area contributed by atoms with Crippen LogP contribution in [0.15, 0.2) is 36.4 Å². The minimum absolute atomic E-state index is 0.0274. The number of alkyl halides is 6. The molecule has 2 aromatic rings. The lowest BCUT2D eigenvalue weighted by Gasteiger charge is -2.25. The van der Waals surface area contributed by atoms with Gasteiger partial charge in [0.25, 0.3) is 5.91 Å². The normalized spacial score (nSPS) is 14.3. The van der Waals surface area contributed by atoms with Crippen LogP contribution in [0.3, 0.4) is 0 Å². The summed E-state index contributed by atoms with van der Waals surface area (Å²) in [5, 5.41) is 8.97. The monoisotopic (exact) mass is 523 g/mol. The van der Waals surface area contributed by atoms with Crippen LogP contribution in [0.5, 0.6) is 5.75 Å². The van der Waals surface area contributed by atoms with E-state index in [2.05, 4.69) is 0 Å². The van der Waals surface area contributed by atoms with Gasteiger partial charge in [-0.05, 0) is 36.4 Å². The van der Waals surface area contributed by atoms with Crippen LogP contribution in [0.1, 0.15) is 11.1 Å². The van der Waals surface area contributed by atoms with Crippen LogP contribution in [-0.2, 0) is 17.1 Å². The Morgan fingerprint density at radius 2 is 1.64 bits per heavy atom. The van der Waals surface area contributed by atoms with Crippen molar-refractivity contribution in [2.24, 2.45) is 0 Å². The molecule has 2 aromatic carbocycles. The first kappa shape index (κ1) is 26.7. The van der Waals surface area contributed by atoms with Gasteiger partial charge >= 0.3 is 24.5 Å². The van der Waals surface area contributed by atoms with E-state index in [1.165, 1.54) is 0 Å². The third-order valence-corrected chi connectivity index (χ3v) is 5.12. The topological polar surface area (TPSA) is 90.4 Å². The fourth-order valence-corrected chi connectivity index (χ4v) is 3.30. The number of ether oxygens (including phenoxy) is 1. The number of aliphatic hydroxyl groups excluding tert-OH is 1. The summed E-state index contributed by atoms with van der Waals surface area (Å²) in [5.74, 6) is -3.24. The average molecular weight is 523 g/mol. The first-order chi connectivity index (χ1) is 16.6. The maximum absolute atomic E-state index is 13.8. The second kappa shape index (κ2) is 9.64. The van der Waals surface area contributed by atoms with E-state index < -0.39 is 78.5 Å². The highest BCUT2D eigenvalue weighted by Crippen LogP contribution is 2.47. The lowest BCUT2D eigenvalue weighted by molar-refractivity contribution is -0.143. The molecule has 0 radical (unpaired) electrons. The smallest absolute Gasteiger partial charge is 0.407 e. The van der Waals surface area contributed by atoms with Crippen molar-refractivity contribution in [3.8, 4) is 5.75 Å². The number of benzene rings is 2. The minimum Gasteiger partial charge on any atom is -0.407 e. The van der Waals surface area contributed by atoms with Crippen molar-refractivity contribution < 1.29 is 55.0 Å². The molecule has 0 atom stereocenters. The summed E-state index contributed by atoms with van der Waals surface area (Å²) in [6.45, 7) is -2.15. The molecule has 0 unspecified atom stereocenters. The van der Waals surface area contributed by atoms with Crippen molar-refractivity contribution in [3.63, 3.8) is 0 Å². The number of halogens is 7. The highest BCUT2D eigenvalue weighted by Gasteiger charge is 2.44. The van der Waals surface area contributed by atoms with Crippen LogP contribution >= 0.6 is 0 Å². The zero-order valence-corrected chi connectivity index (χ0v) is 18.2. The lowest BCUT2D eigenvalue weighted by atomic mass is 10.1. The Bertz CT molecular complexity index is 1180. The Labute approximate surface area is 198 Å². The van der Waals surface area contributed by atoms with Gasteiger partial charge < -0.3 is 9.84 Å². The molecule has 0 spiro atoms. The van der Waals surface area contributed by atoms with Crippen LogP contribution < -0.4 is 14.5 Å². The summed E-state index contributed by atoms with van der Waals surface area (Å²) in [5.41, 5.74) is -4.90. The Morgan fingerprint density at radius 3 is 2.17 bits per heavy atom. The fourth-order valence-electron chi connectivity index (χ4n) is 3.30. The summed E-state index contributed by atoms with van der Waals surface area (Å²) in [4.78, 5) is 38.5. The van der Waals surface area contributed by atoms with E-state index in [0.29, 0.717) is 14.7 Å². The first-order valence-electron chi connectivity index (χ1n) is 9.91. The van der Waals surface area contributed by atoms with Crippen LogP contribution in [0.25, 0.3) is 0 Å². The average Bonchev–Trinajstić information content (AvgIpc) is 3.18. The minimum atomic E-state index is -5.47. The second-order valence-corrected chi connectivity index (χ2v) is 7.41. The zero-order valence-electron chi connectivity index (χ0n) is 18.2. The quantitative estimate of drug-likeness (QED) is 0.605. The van der Waals surface area contributed by atoms with E-state index in [1.807, 2.05) is 0 Å². The van der Waals surface area contributed by atoms with Crippen LogP contribution in [0, 0.1) is 5.82 Å². The van der Waals surface area contributed by atoms with E-state index in [0.717, 1.165) is 31.3 Å². The summed E-state index contributed by atoms with van der Waals surface area (Å²) < 4.78 is 99.9. The Morgan fingerprint density at radius 1 is 1.03 bits per heavy atom. The molecular formula is C21H16F7N3O5. The number of anilines is 2. The second-order valence-electron chi connectivity index (χ2n) is 7.41. The van der Waals surface area contributed by atoms with E-state index >= 15 is 0 Å². The number of hydrogen-bond donors (Lipinski definition) is 1. The molecule has 0 saturated carbocycles. The molecular weight excluding hydrogens is 507 g/mol. The van der Waals surface area contributed by atoms with Gasteiger partial charge in [-0.2, -0.15) is 26.3 Å². The van der Waals surface area contributed by atoms with Gasteiger partial charge in [-0.25, -0.2) is 14.0 Å². The molecule has 1 saturated heterocycles. The summed E-state index contributed by atoms with van der Waals surface area (Å²) in [6, 6.07) is 2.65. The number of urea groups is 1. The standard InChI is InChI=1S/C21H16F7N3O5/c1-29(13-4-2-12(22)3-5-13)19(35)36-17-14(21(26,27)28)8-11(20(23,24)25)9-15(17)30-6-7-31(18(30)34)16(33)10-32/h2-5,8-9,32H,6-7,10H2,1H3. The highest BCUT2D eigenvalue weighted by molar-refractivity contribution is 6.06. The highest BCUT2D eigenvalue weighted by atomic mass is 19.4. The van der Waals surface area contributed by atoms with E-state index in [-0.39, 0.29) is 17.8 Å². The number of aliphatic hydroxyl groups is 1. The van der Waals surface area contributed by atoms with Crippen molar-refractivity contribution in [3.05, 3.63) is 53.3 Å². The Balaban J connectivity index is 2.15. The third kappa shape index (κ3) is 5.35. The molecule has 1 heterocycles. The predicted octanol–water partition coefficient (Wildman–Crippen LogP) is 4.26. The number of imide groups is 1. The number of rotatable bonds is 4. The number of carbonyl (C=O) groups excluding carboxylic acids is 3. The number of hydrogen-bond acceptors (Lipinski definition) is 5. The fraction of sp³-hybridized carbons (Fsp3) is 0.286. The molecule has 8 nitrogen and oxygen atoms in total. The van der Waals surface area contributed by atoms with Crippen molar-refractivity contribution in [2.75, 3.05) is 36.5 Å². The Hall–Kier alpha value is -3.88. The predicted molar refractivity (Wildman–Crippen MR) is 109 cm³/mol. The van der Waals surface area contributed by atoms with Crippen molar-refractivity contribution in [2.45, 2.75) is 12.4 Å². The largest absolute Gasteiger partial charge is 0.420 e. The van der Waals surface area contributed by atoms with Gasteiger partial charge in [-0.15, -0.1) is 0 Å². The molecule has 0 aliphatic carbocycles. The van der Waals surface area contributed by atoms with Gasteiger partial charge in [0.15, 0.2) is 5.75 Å². The van der Waals surface area contributed by atoms with Crippen molar-refractivity contribution in [1.82, 2.24) is 4.90 Å². The van der Waals surface area contributed by atoms with Gasteiger partial charge in [0.2, 0.25) is 0 Å². The number of carbonyl (C=O) groups is 3. The Kier molecular flexibility index (Phi) is 7.15. The third-order valence-electron chi connectivity index (χ3n) is 5.12. The molecule has 0 aromatic heterocycles. The number of nitrogens with zero attached hydrogens (tertiary/aromatic N) is 3. The molecule has 3 rings (SSSR count). The van der Waals surface area contributed by atoms with Gasteiger partial charge in [0.05, 0.1) is 11.3 Å². The van der Waals surface area contributed by atoms with Gasteiger partial charge in [0.1, 0.15) is 18.0 Å². The van der Waals surface area contributed by atoms with Gasteiger partial charge in [0, 0.05) is 25.8 Å². The molecule has 1 aliphatic heterocycles. The van der Waals surface area contributed by atoms with Crippen molar-refractivity contribution >= 4 is 29.4 Å². The molecule has 1 N–H and O–H groups in total. The van der Waals surface area contributed by atoms with Crippen LogP contribution in [0.4, 0.5) is 51.7 Å². The van der Waals surface area contributed by atoms with E-state index in [9.17, 15) is 45.1 Å². The van der Waals surface area contributed by atoms with Crippen molar-refractivity contribution in [1.29, 1.82) is 0 Å². The maximum Gasteiger partial charge on any atom is 0.420 e. The van der Waals surface area contributed by atoms with Crippen LogP contribution in [0.2, 0.25) is 0 Å². The van der Waals surface area contributed by atoms with E-state index in [1.54, 1.807) is 0 Å². The molecule has 0 bridgehead atoms. The van der Waals surface area contributed by atoms with Gasteiger partial charge in [-0.1, -0.05) is 0 Å². The summed E-state index contributed by atoms with van der Waals surface area (Å²) >= 11 is 0. The summed E-state index contributed by atoms with van der Waals surface area (Å²) in [7, 11) is 1.05. The maximum atomic E-state index is 13.8. The molecule has 4 amide bonds.